The summed E-state index contributed by atoms with van der Waals surface area (Å²) in [5.74, 6) is -1.70. The fraction of sp³-hybridized carbons (Fsp3) is 0.222. The Bertz CT molecular complexity index is 1010. The quantitative estimate of drug-likeness (QED) is 0.441. The van der Waals surface area contributed by atoms with Crippen LogP contribution in [0, 0.1) is 0 Å². The molecule has 0 saturated heterocycles. The van der Waals surface area contributed by atoms with E-state index >= 15 is 0 Å². The summed E-state index contributed by atoms with van der Waals surface area (Å²) in [6, 6.07) is 4.40. The van der Waals surface area contributed by atoms with Crippen LogP contribution in [0.1, 0.15) is 20.7 Å². The summed E-state index contributed by atoms with van der Waals surface area (Å²) in [4.78, 5) is 47.8. The highest BCUT2D eigenvalue weighted by atomic mass is 16.6. The summed E-state index contributed by atoms with van der Waals surface area (Å²) in [6.07, 6.45) is 0. The van der Waals surface area contributed by atoms with Crippen LogP contribution in [0.2, 0.25) is 0 Å². The number of rotatable bonds is 8. The van der Waals surface area contributed by atoms with Gasteiger partial charge in [0.15, 0.2) is 0 Å². The third-order valence-electron chi connectivity index (χ3n) is 3.58. The van der Waals surface area contributed by atoms with Crippen LogP contribution in [0.4, 0.5) is 0 Å². The van der Waals surface area contributed by atoms with Crippen molar-refractivity contribution in [2.24, 2.45) is 0 Å². The molecule has 2 heterocycles. The molecule has 0 aliphatic rings. The molecular formula is C18H16N6O8. The Kier molecular flexibility index (Phi) is 6.85. The summed E-state index contributed by atoms with van der Waals surface area (Å²) in [7, 11) is 5.31. The molecule has 0 aliphatic heterocycles. The van der Waals surface area contributed by atoms with Gasteiger partial charge >= 0.3 is 48.0 Å². The highest BCUT2D eigenvalue weighted by molar-refractivity contribution is 5.96. The predicted octanol–water partition coefficient (Wildman–Crippen LogP) is 0.529. The van der Waals surface area contributed by atoms with Crippen LogP contribution < -0.4 is 28.4 Å². The number of esters is 2. The van der Waals surface area contributed by atoms with Crippen molar-refractivity contribution in [3.63, 3.8) is 0 Å². The van der Waals surface area contributed by atoms with Crippen LogP contribution in [0.25, 0.3) is 0 Å². The van der Waals surface area contributed by atoms with Gasteiger partial charge in [-0.15, -0.1) is 29.9 Å². The molecule has 0 N–H and O–H groups in total. The minimum absolute atomic E-state index is 0.0172. The topological polar surface area (TPSA) is 167 Å². The maximum Gasteiger partial charge on any atom is 0.345 e. The summed E-state index contributed by atoms with van der Waals surface area (Å²) < 4.78 is 29.8. The number of ether oxygens (including phenoxy) is 6. The van der Waals surface area contributed by atoms with Gasteiger partial charge in [0.25, 0.3) is 0 Å². The van der Waals surface area contributed by atoms with Crippen LogP contribution in [-0.4, -0.2) is 70.3 Å². The van der Waals surface area contributed by atoms with Gasteiger partial charge in [0.2, 0.25) is 0 Å². The zero-order valence-corrected chi connectivity index (χ0v) is 17.3. The number of hydrogen-bond donors (Lipinski definition) is 0. The Morgan fingerprint density at radius 1 is 0.562 bits per heavy atom. The van der Waals surface area contributed by atoms with E-state index in [-0.39, 0.29) is 47.2 Å². The molecule has 14 nitrogen and oxygen atoms in total. The molecule has 0 radical (unpaired) electrons. The number of methoxy groups -OCH3 is 4. The molecule has 32 heavy (non-hydrogen) atoms. The first-order valence-corrected chi connectivity index (χ1v) is 8.68. The van der Waals surface area contributed by atoms with Crippen molar-refractivity contribution in [3.05, 3.63) is 35.4 Å². The fourth-order valence-electron chi connectivity index (χ4n) is 2.15. The molecule has 0 amide bonds. The third kappa shape index (κ3) is 5.29. The Balaban J connectivity index is 1.78. The van der Waals surface area contributed by atoms with Crippen molar-refractivity contribution >= 4 is 11.9 Å². The van der Waals surface area contributed by atoms with E-state index in [1.807, 2.05) is 0 Å². The van der Waals surface area contributed by atoms with E-state index in [4.69, 9.17) is 28.4 Å². The molecule has 0 unspecified atom stereocenters. The zero-order valence-electron chi connectivity index (χ0n) is 17.3. The number of benzene rings is 1. The average molecular weight is 444 g/mol. The van der Waals surface area contributed by atoms with Crippen molar-refractivity contribution < 1.29 is 38.0 Å². The van der Waals surface area contributed by atoms with E-state index < -0.39 is 11.9 Å². The largest absolute Gasteiger partial charge is 0.467 e. The molecule has 0 fully saturated rings. The summed E-state index contributed by atoms with van der Waals surface area (Å²) >= 11 is 0. The number of carbonyl (C=O) groups excluding carboxylic acids is 2. The first-order valence-electron chi connectivity index (χ1n) is 8.68. The highest BCUT2D eigenvalue weighted by Crippen LogP contribution is 2.18. The normalized spacial score (nSPS) is 10.1. The molecule has 0 saturated carbocycles. The molecule has 0 spiro atoms. The molecule has 0 atom stereocenters. The summed E-state index contributed by atoms with van der Waals surface area (Å²) in [6.45, 7) is 0. The molecule has 3 aromatic rings. The number of hydrogen-bond acceptors (Lipinski definition) is 14. The van der Waals surface area contributed by atoms with Gasteiger partial charge < -0.3 is 28.4 Å². The Morgan fingerprint density at radius 2 is 0.875 bits per heavy atom. The lowest BCUT2D eigenvalue weighted by molar-refractivity contribution is 0.0715. The average Bonchev–Trinajstić information content (AvgIpc) is 2.83. The minimum Gasteiger partial charge on any atom is -0.467 e. The standard InChI is InChI=1S/C18H16N6O8/c1-27-13-19-14(28-2)22-17(21-13)31-11(25)9-6-5-7-10(8-9)12(26)32-18-23-15(29-3)20-16(24-18)30-4/h5-8H,1-4H3. The first-order chi connectivity index (χ1) is 15.4. The van der Waals surface area contributed by atoms with Crippen molar-refractivity contribution in [2.75, 3.05) is 28.4 Å². The number of nitrogens with zero attached hydrogens (tertiary/aromatic N) is 6. The monoisotopic (exact) mass is 444 g/mol. The molecule has 0 bridgehead atoms. The second kappa shape index (κ2) is 9.92. The lowest BCUT2D eigenvalue weighted by Gasteiger charge is -2.07. The van der Waals surface area contributed by atoms with Crippen molar-refractivity contribution in [1.29, 1.82) is 0 Å². The third-order valence-corrected chi connectivity index (χ3v) is 3.58. The second-order valence-corrected chi connectivity index (χ2v) is 5.54. The predicted molar refractivity (Wildman–Crippen MR) is 102 cm³/mol. The molecule has 14 heteroatoms. The SMILES string of the molecule is COc1nc(OC)nc(OC(=O)c2cccc(C(=O)Oc3nc(OC)nc(OC)n3)c2)n1. The Labute approximate surface area is 180 Å². The Hall–Kier alpha value is -4.62. The van der Waals surface area contributed by atoms with Crippen LogP contribution in [0.5, 0.6) is 36.1 Å². The van der Waals surface area contributed by atoms with Gasteiger partial charge in [-0.05, 0) is 18.2 Å². The molecular weight excluding hydrogens is 428 g/mol. The maximum atomic E-state index is 12.5. The van der Waals surface area contributed by atoms with Crippen molar-refractivity contribution in [1.82, 2.24) is 29.9 Å². The molecule has 0 aliphatic carbocycles. The van der Waals surface area contributed by atoms with E-state index in [1.54, 1.807) is 0 Å². The second-order valence-electron chi connectivity index (χ2n) is 5.54. The van der Waals surface area contributed by atoms with E-state index in [9.17, 15) is 9.59 Å². The van der Waals surface area contributed by atoms with Gasteiger partial charge in [0, 0.05) is 0 Å². The minimum atomic E-state index is -0.849. The fourth-order valence-corrected chi connectivity index (χ4v) is 2.15. The van der Waals surface area contributed by atoms with Crippen LogP contribution in [-0.2, 0) is 0 Å². The van der Waals surface area contributed by atoms with Gasteiger partial charge in [0.1, 0.15) is 0 Å². The van der Waals surface area contributed by atoms with Gasteiger partial charge in [-0.1, -0.05) is 6.07 Å². The van der Waals surface area contributed by atoms with Crippen LogP contribution in [0.15, 0.2) is 24.3 Å². The number of carbonyl (C=O) groups is 2. The molecule has 3 rings (SSSR count). The lowest BCUT2D eigenvalue weighted by Crippen LogP contribution is -2.15. The smallest absolute Gasteiger partial charge is 0.345 e. The van der Waals surface area contributed by atoms with Crippen molar-refractivity contribution in [2.45, 2.75) is 0 Å². The number of aromatic nitrogens is 6. The first kappa shape index (κ1) is 22.1. The Morgan fingerprint density at radius 3 is 1.19 bits per heavy atom. The molecule has 166 valence electrons. The molecule has 2 aromatic heterocycles. The van der Waals surface area contributed by atoms with Crippen molar-refractivity contribution in [3.8, 4) is 36.1 Å². The van der Waals surface area contributed by atoms with E-state index in [0.717, 1.165) is 0 Å². The lowest BCUT2D eigenvalue weighted by atomic mass is 10.1. The van der Waals surface area contributed by atoms with Gasteiger partial charge in [-0.2, -0.15) is 0 Å². The van der Waals surface area contributed by atoms with E-state index in [0.29, 0.717) is 0 Å². The summed E-state index contributed by atoms with van der Waals surface area (Å²) in [5, 5.41) is 0. The summed E-state index contributed by atoms with van der Waals surface area (Å²) in [5.41, 5.74) is 0.0345. The maximum absolute atomic E-state index is 12.5. The van der Waals surface area contributed by atoms with E-state index in [2.05, 4.69) is 29.9 Å². The molecule has 1 aromatic carbocycles. The highest BCUT2D eigenvalue weighted by Gasteiger charge is 2.18. The zero-order chi connectivity index (χ0) is 23.1. The van der Waals surface area contributed by atoms with Crippen LogP contribution >= 0.6 is 0 Å². The van der Waals surface area contributed by atoms with Gasteiger partial charge in [-0.3, -0.25) is 0 Å². The van der Waals surface area contributed by atoms with Gasteiger partial charge in [0.05, 0.1) is 39.6 Å². The van der Waals surface area contributed by atoms with Gasteiger partial charge in [-0.25, -0.2) is 9.59 Å². The van der Waals surface area contributed by atoms with E-state index in [1.165, 1.54) is 52.7 Å². The van der Waals surface area contributed by atoms with Crippen LogP contribution in [0.3, 0.4) is 0 Å².